The molecule has 0 saturated carbocycles. The average molecular weight is 363 g/mol. The summed E-state index contributed by atoms with van der Waals surface area (Å²) in [7, 11) is -4.01. The van der Waals surface area contributed by atoms with Gasteiger partial charge in [-0.3, -0.25) is 10.2 Å². The molecule has 2 N–H and O–H groups in total. The van der Waals surface area contributed by atoms with Crippen molar-refractivity contribution in [1.82, 2.24) is 10.3 Å². The van der Waals surface area contributed by atoms with E-state index in [1.54, 1.807) is 0 Å². The molecule has 2 aromatic rings. The molecule has 0 unspecified atom stereocenters. The van der Waals surface area contributed by atoms with Crippen LogP contribution >= 0.6 is 23.2 Å². The third kappa shape index (κ3) is 3.95. The molecule has 9 heteroatoms. The zero-order valence-corrected chi connectivity index (χ0v) is 13.1. The van der Waals surface area contributed by atoms with Gasteiger partial charge in [-0.1, -0.05) is 23.2 Å². The van der Waals surface area contributed by atoms with Crippen LogP contribution in [0.3, 0.4) is 0 Å². The number of sulfonamides is 1. The molecular weight excluding hydrogens is 354 g/mol. The van der Waals surface area contributed by atoms with E-state index >= 15 is 0 Å². The lowest BCUT2D eigenvalue weighted by atomic mass is 10.2. The van der Waals surface area contributed by atoms with E-state index in [-0.39, 0.29) is 20.5 Å². The van der Waals surface area contributed by atoms with E-state index in [4.69, 9.17) is 23.2 Å². The predicted molar refractivity (Wildman–Crippen MR) is 80.6 cm³/mol. The van der Waals surface area contributed by atoms with Crippen molar-refractivity contribution in [2.45, 2.75) is 4.90 Å². The number of carbonyl (C=O) groups excluding carboxylic acids is 1. The Kier molecular flexibility index (Phi) is 5.02. The largest absolute Gasteiger partial charge is 0.273 e. The summed E-state index contributed by atoms with van der Waals surface area (Å²) in [6, 6.07) is 8.32. The van der Waals surface area contributed by atoms with Crippen LogP contribution in [0.5, 0.6) is 0 Å². The molecule has 0 aromatic heterocycles. The van der Waals surface area contributed by atoms with Crippen LogP contribution in [0.15, 0.2) is 47.4 Å². The van der Waals surface area contributed by atoms with Crippen LogP contribution in [-0.2, 0) is 10.0 Å². The first-order chi connectivity index (χ1) is 10.3. The van der Waals surface area contributed by atoms with Gasteiger partial charge >= 0.3 is 0 Å². The molecule has 116 valence electrons. The average Bonchev–Trinajstić information content (AvgIpc) is 2.48. The van der Waals surface area contributed by atoms with Gasteiger partial charge in [-0.25, -0.2) is 12.8 Å². The zero-order chi connectivity index (χ0) is 16.3. The van der Waals surface area contributed by atoms with Crippen molar-refractivity contribution < 1.29 is 17.6 Å². The van der Waals surface area contributed by atoms with E-state index in [2.05, 4.69) is 0 Å². The molecule has 0 aliphatic carbocycles. The number of hydrazine groups is 1. The summed E-state index contributed by atoms with van der Waals surface area (Å²) in [4.78, 5) is 13.5. The minimum Gasteiger partial charge on any atom is -0.273 e. The van der Waals surface area contributed by atoms with Gasteiger partial charge in [-0.15, -0.1) is 4.83 Å². The van der Waals surface area contributed by atoms with Crippen LogP contribution in [0.1, 0.15) is 10.4 Å². The molecule has 0 aliphatic rings. The smallest absolute Gasteiger partial charge is 0.266 e. The first kappa shape index (κ1) is 16.7. The predicted octanol–water partition coefficient (Wildman–Crippen LogP) is 2.76. The number of carbonyl (C=O) groups is 1. The molecule has 0 saturated heterocycles. The maximum atomic E-state index is 12.8. The second kappa shape index (κ2) is 6.62. The Morgan fingerprint density at radius 1 is 1.00 bits per heavy atom. The topological polar surface area (TPSA) is 75.3 Å². The van der Waals surface area contributed by atoms with Crippen LogP contribution < -0.4 is 10.3 Å². The first-order valence-corrected chi connectivity index (χ1v) is 8.06. The summed E-state index contributed by atoms with van der Waals surface area (Å²) in [5, 5.41) is 0.269. The quantitative estimate of drug-likeness (QED) is 0.821. The van der Waals surface area contributed by atoms with Crippen LogP contribution in [0.25, 0.3) is 0 Å². The molecule has 22 heavy (non-hydrogen) atoms. The van der Waals surface area contributed by atoms with Gasteiger partial charge in [-0.2, -0.15) is 0 Å². The van der Waals surface area contributed by atoms with Gasteiger partial charge in [-0.05, 0) is 42.5 Å². The number of halogens is 3. The lowest BCUT2D eigenvalue weighted by Gasteiger charge is -2.09. The maximum absolute atomic E-state index is 12.8. The molecule has 0 bridgehead atoms. The highest BCUT2D eigenvalue weighted by Crippen LogP contribution is 2.24. The van der Waals surface area contributed by atoms with Crippen molar-refractivity contribution in [1.29, 1.82) is 0 Å². The van der Waals surface area contributed by atoms with Gasteiger partial charge in [0.1, 0.15) is 5.82 Å². The highest BCUT2D eigenvalue weighted by atomic mass is 35.5. The molecule has 0 fully saturated rings. The van der Waals surface area contributed by atoms with Gasteiger partial charge < -0.3 is 0 Å². The van der Waals surface area contributed by atoms with E-state index in [0.717, 1.165) is 18.2 Å². The molecule has 2 rings (SSSR count). The number of nitrogens with one attached hydrogen (secondary N) is 2. The number of hydrogen-bond donors (Lipinski definition) is 2. The molecule has 0 atom stereocenters. The van der Waals surface area contributed by atoms with E-state index in [0.29, 0.717) is 0 Å². The minimum absolute atomic E-state index is 0.0643. The Morgan fingerprint density at radius 2 is 1.64 bits per heavy atom. The third-order valence-electron chi connectivity index (χ3n) is 2.61. The van der Waals surface area contributed by atoms with Crippen molar-refractivity contribution in [2.75, 3.05) is 0 Å². The lowest BCUT2D eigenvalue weighted by Crippen LogP contribution is -2.41. The Bertz CT molecular complexity index is 811. The van der Waals surface area contributed by atoms with Gasteiger partial charge in [0.15, 0.2) is 0 Å². The van der Waals surface area contributed by atoms with Gasteiger partial charge in [0, 0.05) is 5.56 Å². The highest BCUT2D eigenvalue weighted by Gasteiger charge is 2.17. The van der Waals surface area contributed by atoms with E-state index in [1.807, 2.05) is 10.3 Å². The number of hydrogen-bond acceptors (Lipinski definition) is 3. The molecule has 0 radical (unpaired) electrons. The second-order valence-corrected chi connectivity index (χ2v) is 6.64. The van der Waals surface area contributed by atoms with Gasteiger partial charge in [0.05, 0.1) is 14.9 Å². The molecule has 5 nitrogen and oxygen atoms in total. The Balaban J connectivity index is 2.10. The molecule has 1 amide bonds. The Hall–Kier alpha value is -1.67. The molecule has 2 aromatic carbocycles. The number of benzene rings is 2. The van der Waals surface area contributed by atoms with Crippen LogP contribution in [0.2, 0.25) is 10.0 Å². The van der Waals surface area contributed by atoms with Crippen LogP contribution in [0.4, 0.5) is 4.39 Å². The molecular formula is C13H9Cl2FN2O3S. The fourth-order valence-electron chi connectivity index (χ4n) is 1.49. The van der Waals surface area contributed by atoms with Crippen molar-refractivity contribution in [3.05, 3.63) is 63.9 Å². The summed E-state index contributed by atoms with van der Waals surface area (Å²) < 4.78 is 36.7. The molecule has 0 spiro atoms. The fraction of sp³-hybridized carbons (Fsp3) is 0. The highest BCUT2D eigenvalue weighted by molar-refractivity contribution is 7.89. The minimum atomic E-state index is -4.01. The van der Waals surface area contributed by atoms with Crippen molar-refractivity contribution in [3.8, 4) is 0 Å². The van der Waals surface area contributed by atoms with E-state index in [9.17, 15) is 17.6 Å². The molecule has 0 aliphatic heterocycles. The molecule has 0 heterocycles. The second-order valence-electron chi connectivity index (χ2n) is 4.14. The summed E-state index contributed by atoms with van der Waals surface area (Å²) >= 11 is 11.4. The van der Waals surface area contributed by atoms with Gasteiger partial charge in [0.2, 0.25) is 0 Å². The van der Waals surface area contributed by atoms with E-state index < -0.39 is 21.7 Å². The monoisotopic (exact) mass is 362 g/mol. The maximum Gasteiger partial charge on any atom is 0.266 e. The Labute approximate surface area is 136 Å². The standard InChI is InChI=1S/C13H9Cl2FN2O3S/c14-11-6-5-10(7-12(11)15)22(20,21)18-17-13(19)8-1-3-9(16)4-2-8/h1-7,18H,(H,17,19). The van der Waals surface area contributed by atoms with Crippen LogP contribution in [-0.4, -0.2) is 14.3 Å². The number of rotatable bonds is 4. The summed E-state index contributed by atoms with van der Waals surface area (Å²) in [5.74, 6) is -1.24. The fourth-order valence-corrected chi connectivity index (χ4v) is 2.72. The van der Waals surface area contributed by atoms with Crippen molar-refractivity contribution in [3.63, 3.8) is 0 Å². The van der Waals surface area contributed by atoms with Gasteiger partial charge in [0.25, 0.3) is 15.9 Å². The number of amides is 1. The SMILES string of the molecule is O=C(NNS(=O)(=O)c1ccc(Cl)c(Cl)c1)c1ccc(F)cc1. The zero-order valence-electron chi connectivity index (χ0n) is 10.8. The normalized spacial score (nSPS) is 11.2. The summed E-state index contributed by atoms with van der Waals surface area (Å²) in [5.41, 5.74) is 2.11. The summed E-state index contributed by atoms with van der Waals surface area (Å²) in [6.07, 6.45) is 0. The first-order valence-electron chi connectivity index (χ1n) is 5.82. The Morgan fingerprint density at radius 3 is 2.23 bits per heavy atom. The van der Waals surface area contributed by atoms with Crippen molar-refractivity contribution >= 4 is 39.1 Å². The third-order valence-corrected chi connectivity index (χ3v) is 4.59. The van der Waals surface area contributed by atoms with Crippen molar-refractivity contribution in [2.24, 2.45) is 0 Å². The van der Waals surface area contributed by atoms with E-state index in [1.165, 1.54) is 24.3 Å². The lowest BCUT2D eigenvalue weighted by molar-refractivity contribution is 0.0945. The van der Waals surface area contributed by atoms with Crippen LogP contribution in [0, 0.1) is 5.82 Å². The summed E-state index contributed by atoms with van der Waals surface area (Å²) in [6.45, 7) is 0.